The normalized spacial score (nSPS) is 13.9. The largest absolute Gasteiger partial charge is 0.346 e. The molecule has 1 aliphatic rings. The van der Waals surface area contributed by atoms with Crippen LogP contribution in [0.15, 0.2) is 78.4 Å². The van der Waals surface area contributed by atoms with Crippen LogP contribution >= 0.6 is 0 Å². The maximum absolute atomic E-state index is 12.4. The third-order valence-corrected chi connectivity index (χ3v) is 5.80. The predicted octanol–water partition coefficient (Wildman–Crippen LogP) is 2.75. The number of pyridine rings is 1. The highest BCUT2D eigenvalue weighted by Crippen LogP contribution is 2.29. The van der Waals surface area contributed by atoms with Crippen molar-refractivity contribution >= 4 is 26.7 Å². The lowest BCUT2D eigenvalue weighted by Crippen LogP contribution is -2.56. The Morgan fingerprint density at radius 2 is 1.79 bits per heavy atom. The Kier molecular flexibility index (Phi) is 5.12. The van der Waals surface area contributed by atoms with Crippen molar-refractivity contribution in [1.82, 2.24) is 5.32 Å². The van der Waals surface area contributed by atoms with Crippen molar-refractivity contribution in [2.24, 2.45) is 0 Å². The molecule has 0 radical (unpaired) electrons. The predicted molar refractivity (Wildman–Crippen MR) is 113 cm³/mol. The van der Waals surface area contributed by atoms with Crippen molar-refractivity contribution in [3.63, 3.8) is 0 Å². The Bertz CT molecular complexity index is 1180. The van der Waals surface area contributed by atoms with E-state index < -0.39 is 10.1 Å². The fourth-order valence-electron chi connectivity index (χ4n) is 3.22. The van der Waals surface area contributed by atoms with E-state index in [-0.39, 0.29) is 5.75 Å². The van der Waals surface area contributed by atoms with Crippen molar-refractivity contribution < 1.29 is 17.4 Å². The van der Waals surface area contributed by atoms with Gasteiger partial charge in [-0.1, -0.05) is 52.8 Å². The van der Waals surface area contributed by atoms with E-state index in [0.717, 1.165) is 22.0 Å². The number of aromatic nitrogens is 1. The van der Waals surface area contributed by atoms with Crippen LogP contribution in [0.2, 0.25) is 0 Å². The summed E-state index contributed by atoms with van der Waals surface area (Å²) in [7, 11) is -3.76. The van der Waals surface area contributed by atoms with Gasteiger partial charge in [0, 0.05) is 6.54 Å². The van der Waals surface area contributed by atoms with E-state index >= 15 is 0 Å². The molecule has 29 heavy (non-hydrogen) atoms. The second-order valence-electron chi connectivity index (χ2n) is 6.74. The summed E-state index contributed by atoms with van der Waals surface area (Å²) in [6, 6.07) is 19.6. The number of benzene rings is 2. The van der Waals surface area contributed by atoms with Gasteiger partial charge in [0.15, 0.2) is 0 Å². The second-order valence-corrected chi connectivity index (χ2v) is 8.58. The molecule has 0 atom stereocenters. The van der Waals surface area contributed by atoms with E-state index in [9.17, 15) is 8.42 Å². The molecule has 2 heterocycles. The summed E-state index contributed by atoms with van der Waals surface area (Å²) in [6.45, 7) is 3.95. The van der Waals surface area contributed by atoms with Gasteiger partial charge in [-0.15, -0.1) is 4.68 Å². The van der Waals surface area contributed by atoms with Gasteiger partial charge in [-0.2, -0.15) is 8.42 Å². The van der Waals surface area contributed by atoms with Crippen LogP contribution in [0.3, 0.4) is 0 Å². The maximum atomic E-state index is 12.4. The molecule has 2 N–H and O–H groups in total. The quantitative estimate of drug-likeness (QED) is 0.608. The van der Waals surface area contributed by atoms with E-state index in [0.29, 0.717) is 18.2 Å². The number of hydrogen-bond donors (Lipinski definition) is 2. The summed E-state index contributed by atoms with van der Waals surface area (Å²) in [4.78, 5) is 0. The molecule has 1 aromatic heterocycles. The molecule has 0 amide bonds. The molecule has 2 aromatic carbocycles. The van der Waals surface area contributed by atoms with Crippen molar-refractivity contribution in [3.8, 4) is 0 Å². The van der Waals surface area contributed by atoms with Gasteiger partial charge in [0.1, 0.15) is 11.9 Å². The number of hydrogen-bond acceptors (Lipinski definition) is 6. The van der Waals surface area contributed by atoms with Gasteiger partial charge in [0.2, 0.25) is 0 Å². The van der Waals surface area contributed by atoms with Gasteiger partial charge in [-0.25, -0.2) is 5.43 Å². The Morgan fingerprint density at radius 3 is 2.55 bits per heavy atom. The minimum Gasteiger partial charge on any atom is -0.345 e. The smallest absolute Gasteiger partial charge is 0.345 e. The summed E-state index contributed by atoms with van der Waals surface area (Å²) in [5.74, 6) is 0.996. The Morgan fingerprint density at radius 1 is 1.07 bits per heavy atom. The lowest BCUT2D eigenvalue weighted by Gasteiger charge is -2.26. The Labute approximate surface area is 170 Å². The van der Waals surface area contributed by atoms with Crippen molar-refractivity contribution in [3.05, 3.63) is 83.9 Å². The van der Waals surface area contributed by atoms with Crippen LogP contribution in [-0.4, -0.2) is 14.2 Å². The van der Waals surface area contributed by atoms with Crippen LogP contribution in [0.4, 0.5) is 5.82 Å². The SMILES string of the molecule is CCS(=O)(=O)ON1C(NCc2ccccc2)=C(C)N[n+]2ccc3ccccc3c21. The molecule has 0 fully saturated rings. The van der Waals surface area contributed by atoms with Crippen LogP contribution in [0.1, 0.15) is 19.4 Å². The first-order valence-corrected chi connectivity index (χ1v) is 11.0. The number of anilines is 1. The minimum absolute atomic E-state index is 0.132. The van der Waals surface area contributed by atoms with Crippen LogP contribution in [0.5, 0.6) is 0 Å². The molecule has 4 rings (SSSR count). The van der Waals surface area contributed by atoms with Gasteiger partial charge >= 0.3 is 15.9 Å². The van der Waals surface area contributed by atoms with E-state index in [1.807, 2.05) is 73.8 Å². The summed E-state index contributed by atoms with van der Waals surface area (Å²) in [5, 5.41) is 6.54. The number of nitrogens with one attached hydrogen (secondary N) is 2. The molecule has 0 saturated heterocycles. The Hall–Kier alpha value is -3.10. The topological polar surface area (TPSA) is 74.5 Å². The minimum atomic E-state index is -3.76. The first-order valence-electron chi connectivity index (χ1n) is 9.40. The highest BCUT2D eigenvalue weighted by molar-refractivity contribution is 7.86. The summed E-state index contributed by atoms with van der Waals surface area (Å²) < 4.78 is 32.1. The van der Waals surface area contributed by atoms with E-state index in [4.69, 9.17) is 4.28 Å². The Balaban J connectivity index is 1.80. The fraction of sp³-hybridized carbons (Fsp3) is 0.190. The number of hydroxylamine groups is 1. The number of allylic oxidation sites excluding steroid dienone is 1. The molecule has 0 bridgehead atoms. The fourth-order valence-corrected chi connectivity index (χ4v) is 3.69. The highest BCUT2D eigenvalue weighted by Gasteiger charge is 2.38. The molecule has 0 aliphatic carbocycles. The second kappa shape index (κ2) is 7.73. The third kappa shape index (κ3) is 3.90. The van der Waals surface area contributed by atoms with Gasteiger partial charge in [-0.3, -0.25) is 0 Å². The van der Waals surface area contributed by atoms with Crippen LogP contribution in [-0.2, 0) is 20.9 Å². The zero-order valence-corrected chi connectivity index (χ0v) is 17.1. The molecule has 0 unspecified atom stereocenters. The van der Waals surface area contributed by atoms with E-state index in [1.165, 1.54) is 5.06 Å². The number of fused-ring (bicyclic) bond motifs is 3. The van der Waals surface area contributed by atoms with Crippen molar-refractivity contribution in [2.75, 3.05) is 16.2 Å². The van der Waals surface area contributed by atoms with Crippen LogP contribution in [0, 0.1) is 0 Å². The van der Waals surface area contributed by atoms with E-state index in [1.54, 1.807) is 11.6 Å². The summed E-state index contributed by atoms with van der Waals surface area (Å²) in [6.07, 6.45) is 1.85. The molecule has 8 heteroatoms. The average molecular weight is 412 g/mol. The standard InChI is InChI=1S/C21H23N4O3S/c1-3-29(26,27)28-25-20(22-15-17-9-5-4-6-10-17)16(2)23-24-14-13-18-11-7-8-12-19(18)21(24)25/h4-14,22-23H,3,15H2,1-2H3/q+1. The average Bonchev–Trinajstić information content (AvgIpc) is 2.73. The monoisotopic (exact) mass is 411 g/mol. The van der Waals surface area contributed by atoms with Crippen molar-refractivity contribution in [1.29, 1.82) is 0 Å². The van der Waals surface area contributed by atoms with Gasteiger partial charge in [0.25, 0.3) is 5.82 Å². The van der Waals surface area contributed by atoms with Gasteiger partial charge in [-0.05, 0) is 42.0 Å². The van der Waals surface area contributed by atoms with Crippen LogP contribution < -0.4 is 20.5 Å². The van der Waals surface area contributed by atoms with Crippen LogP contribution in [0.25, 0.3) is 10.8 Å². The molecular weight excluding hydrogens is 388 g/mol. The summed E-state index contributed by atoms with van der Waals surface area (Å²) in [5.41, 5.74) is 5.10. The zero-order valence-electron chi connectivity index (χ0n) is 16.3. The number of nitrogens with zero attached hydrogens (tertiary/aromatic N) is 2. The van der Waals surface area contributed by atoms with Gasteiger partial charge < -0.3 is 5.32 Å². The number of rotatable bonds is 6. The maximum Gasteiger partial charge on any atom is 0.346 e. The highest BCUT2D eigenvalue weighted by atomic mass is 32.2. The molecule has 150 valence electrons. The zero-order chi connectivity index (χ0) is 20.4. The van der Waals surface area contributed by atoms with E-state index in [2.05, 4.69) is 10.7 Å². The molecular formula is C21H23N4O3S+. The molecule has 3 aromatic rings. The molecule has 0 spiro atoms. The van der Waals surface area contributed by atoms with Gasteiger partial charge in [0.05, 0.1) is 11.1 Å². The molecule has 1 aliphatic heterocycles. The first kappa shape index (κ1) is 19.2. The lowest BCUT2D eigenvalue weighted by atomic mass is 10.1. The molecule has 0 saturated carbocycles. The molecule has 7 nitrogen and oxygen atoms in total. The lowest BCUT2D eigenvalue weighted by molar-refractivity contribution is -0.635. The first-order chi connectivity index (χ1) is 14.0. The van der Waals surface area contributed by atoms with Crippen molar-refractivity contribution in [2.45, 2.75) is 20.4 Å². The summed E-state index contributed by atoms with van der Waals surface area (Å²) >= 11 is 0. The third-order valence-electron chi connectivity index (χ3n) is 4.72.